The van der Waals surface area contributed by atoms with Crippen molar-refractivity contribution in [3.05, 3.63) is 28.2 Å². The fraction of sp³-hybridized carbons (Fsp3) is 0.625. The molecule has 1 aliphatic heterocycles. The molecular formula is C16H26BrN3. The zero-order valence-electron chi connectivity index (χ0n) is 13.0. The van der Waals surface area contributed by atoms with E-state index in [0.29, 0.717) is 0 Å². The minimum Gasteiger partial charge on any atom is -0.369 e. The van der Waals surface area contributed by atoms with Gasteiger partial charge in [0.25, 0.3) is 0 Å². The molecule has 3 nitrogen and oxygen atoms in total. The Balaban J connectivity index is 2.12. The number of hydrogen-bond acceptors (Lipinski definition) is 3. The van der Waals surface area contributed by atoms with Gasteiger partial charge in [-0.05, 0) is 45.5 Å². The molecule has 0 amide bonds. The van der Waals surface area contributed by atoms with E-state index in [4.69, 9.17) is 0 Å². The summed E-state index contributed by atoms with van der Waals surface area (Å²) in [6, 6.07) is 6.59. The largest absolute Gasteiger partial charge is 0.369 e. The molecular weight excluding hydrogens is 314 g/mol. The summed E-state index contributed by atoms with van der Waals surface area (Å²) >= 11 is 3.60. The molecule has 1 saturated heterocycles. The van der Waals surface area contributed by atoms with Crippen molar-refractivity contribution in [3.63, 3.8) is 0 Å². The molecule has 4 heteroatoms. The third kappa shape index (κ3) is 3.74. The highest BCUT2D eigenvalue weighted by Crippen LogP contribution is 2.27. The zero-order chi connectivity index (χ0) is 14.8. The third-order valence-corrected chi connectivity index (χ3v) is 4.48. The Labute approximate surface area is 131 Å². The van der Waals surface area contributed by atoms with Gasteiger partial charge in [0.2, 0.25) is 0 Å². The molecule has 1 N–H and O–H groups in total. The lowest BCUT2D eigenvalue weighted by molar-refractivity contribution is 0.128. The monoisotopic (exact) mass is 339 g/mol. The Hall–Kier alpha value is -0.580. The second-order valence-electron chi connectivity index (χ2n) is 6.45. The van der Waals surface area contributed by atoms with E-state index >= 15 is 0 Å². The Kier molecular flexibility index (Phi) is 5.10. The Bertz CT molecular complexity index is 446. The first-order valence-electron chi connectivity index (χ1n) is 7.35. The topological polar surface area (TPSA) is 18.5 Å². The molecule has 1 aromatic carbocycles. The minimum atomic E-state index is 0.275. The van der Waals surface area contributed by atoms with E-state index in [1.807, 2.05) is 7.05 Å². The molecule has 1 heterocycles. The van der Waals surface area contributed by atoms with Crippen LogP contribution in [0.15, 0.2) is 22.7 Å². The first-order valence-corrected chi connectivity index (χ1v) is 8.14. The normalized spacial score (nSPS) is 17.6. The SMILES string of the molecule is CNCc1ccc(Br)cc1N1CCN(C(C)(C)C)CC1. The standard InChI is InChI=1S/C16H26BrN3/c1-16(2,3)20-9-7-19(8-10-20)15-11-14(17)6-5-13(15)12-18-4/h5-6,11,18H,7-10,12H2,1-4H3. The highest BCUT2D eigenvalue weighted by Gasteiger charge is 2.26. The van der Waals surface area contributed by atoms with Gasteiger partial charge in [0.15, 0.2) is 0 Å². The summed E-state index contributed by atoms with van der Waals surface area (Å²) in [5.74, 6) is 0. The smallest absolute Gasteiger partial charge is 0.0424 e. The van der Waals surface area contributed by atoms with Gasteiger partial charge in [-0.25, -0.2) is 0 Å². The quantitative estimate of drug-likeness (QED) is 0.912. The maximum Gasteiger partial charge on any atom is 0.0424 e. The van der Waals surface area contributed by atoms with Gasteiger partial charge < -0.3 is 10.2 Å². The van der Waals surface area contributed by atoms with E-state index in [2.05, 4.69) is 70.0 Å². The summed E-state index contributed by atoms with van der Waals surface area (Å²) in [7, 11) is 2.00. The summed E-state index contributed by atoms with van der Waals surface area (Å²) in [5, 5.41) is 3.26. The molecule has 20 heavy (non-hydrogen) atoms. The minimum absolute atomic E-state index is 0.275. The summed E-state index contributed by atoms with van der Waals surface area (Å²) in [4.78, 5) is 5.08. The maximum atomic E-state index is 3.60. The van der Waals surface area contributed by atoms with Gasteiger partial charge >= 0.3 is 0 Å². The number of anilines is 1. The number of halogens is 1. The average Bonchev–Trinajstić information content (AvgIpc) is 2.40. The van der Waals surface area contributed by atoms with Crippen LogP contribution in [0.4, 0.5) is 5.69 Å². The second kappa shape index (κ2) is 6.46. The van der Waals surface area contributed by atoms with E-state index in [9.17, 15) is 0 Å². The molecule has 2 rings (SSSR count). The van der Waals surface area contributed by atoms with Crippen LogP contribution >= 0.6 is 15.9 Å². The van der Waals surface area contributed by atoms with E-state index in [-0.39, 0.29) is 5.54 Å². The molecule has 0 spiro atoms. The molecule has 0 aliphatic carbocycles. The molecule has 0 bridgehead atoms. The van der Waals surface area contributed by atoms with Gasteiger partial charge in [0, 0.05) is 48.4 Å². The van der Waals surface area contributed by atoms with Crippen LogP contribution in [0, 0.1) is 0 Å². The van der Waals surface area contributed by atoms with Crippen molar-refractivity contribution >= 4 is 21.6 Å². The Morgan fingerprint density at radius 1 is 1.15 bits per heavy atom. The number of piperazine rings is 1. The molecule has 1 aromatic rings. The van der Waals surface area contributed by atoms with E-state index in [1.54, 1.807) is 0 Å². The van der Waals surface area contributed by atoms with E-state index < -0.39 is 0 Å². The summed E-state index contributed by atoms with van der Waals surface area (Å²) in [6.07, 6.45) is 0. The van der Waals surface area contributed by atoms with Crippen molar-refractivity contribution in [1.82, 2.24) is 10.2 Å². The van der Waals surface area contributed by atoms with Gasteiger partial charge in [0.05, 0.1) is 0 Å². The van der Waals surface area contributed by atoms with Crippen LogP contribution in [0.3, 0.4) is 0 Å². The molecule has 0 unspecified atom stereocenters. The number of nitrogens with zero attached hydrogens (tertiary/aromatic N) is 2. The van der Waals surface area contributed by atoms with Crippen LogP contribution in [-0.4, -0.2) is 43.7 Å². The highest BCUT2D eigenvalue weighted by atomic mass is 79.9. The fourth-order valence-corrected chi connectivity index (χ4v) is 3.14. The van der Waals surface area contributed by atoms with Crippen LogP contribution in [0.25, 0.3) is 0 Å². The van der Waals surface area contributed by atoms with E-state index in [1.165, 1.54) is 11.3 Å². The lowest BCUT2D eigenvalue weighted by Gasteiger charge is -2.43. The number of nitrogens with one attached hydrogen (secondary N) is 1. The van der Waals surface area contributed by atoms with Crippen molar-refractivity contribution in [1.29, 1.82) is 0 Å². The predicted molar refractivity (Wildman–Crippen MR) is 90.4 cm³/mol. The molecule has 0 saturated carbocycles. The number of hydrogen-bond donors (Lipinski definition) is 1. The van der Waals surface area contributed by atoms with Crippen LogP contribution in [0.1, 0.15) is 26.3 Å². The molecule has 1 aliphatic rings. The maximum absolute atomic E-state index is 3.60. The second-order valence-corrected chi connectivity index (χ2v) is 7.36. The Morgan fingerprint density at radius 3 is 2.35 bits per heavy atom. The third-order valence-electron chi connectivity index (χ3n) is 3.98. The average molecular weight is 340 g/mol. The number of rotatable bonds is 3. The van der Waals surface area contributed by atoms with Crippen LogP contribution in [0.2, 0.25) is 0 Å². The van der Waals surface area contributed by atoms with Crippen molar-refractivity contribution in [2.75, 3.05) is 38.1 Å². The lowest BCUT2D eigenvalue weighted by atomic mass is 10.0. The van der Waals surface area contributed by atoms with Gasteiger partial charge in [-0.1, -0.05) is 22.0 Å². The van der Waals surface area contributed by atoms with Gasteiger partial charge in [-0.15, -0.1) is 0 Å². The van der Waals surface area contributed by atoms with Crippen LogP contribution < -0.4 is 10.2 Å². The van der Waals surface area contributed by atoms with Crippen molar-refractivity contribution in [2.24, 2.45) is 0 Å². The molecule has 1 fully saturated rings. The van der Waals surface area contributed by atoms with Gasteiger partial charge in [-0.2, -0.15) is 0 Å². The first-order chi connectivity index (χ1) is 9.41. The highest BCUT2D eigenvalue weighted by molar-refractivity contribution is 9.10. The van der Waals surface area contributed by atoms with Gasteiger partial charge in [-0.3, -0.25) is 4.90 Å². The number of benzene rings is 1. The first kappa shape index (κ1) is 15.8. The molecule has 0 atom stereocenters. The zero-order valence-corrected chi connectivity index (χ0v) is 14.6. The van der Waals surface area contributed by atoms with E-state index in [0.717, 1.165) is 37.2 Å². The predicted octanol–water partition coefficient (Wildman–Crippen LogP) is 3.09. The van der Waals surface area contributed by atoms with Crippen molar-refractivity contribution in [2.45, 2.75) is 32.9 Å². The molecule has 0 aromatic heterocycles. The lowest BCUT2D eigenvalue weighted by Crippen LogP contribution is -2.53. The summed E-state index contributed by atoms with van der Waals surface area (Å²) in [5.41, 5.74) is 3.01. The molecule has 112 valence electrons. The fourth-order valence-electron chi connectivity index (χ4n) is 2.79. The summed E-state index contributed by atoms with van der Waals surface area (Å²) < 4.78 is 1.16. The van der Waals surface area contributed by atoms with Crippen molar-refractivity contribution < 1.29 is 0 Å². The van der Waals surface area contributed by atoms with Gasteiger partial charge in [0.1, 0.15) is 0 Å². The van der Waals surface area contributed by atoms with Crippen LogP contribution in [-0.2, 0) is 6.54 Å². The Morgan fingerprint density at radius 2 is 1.80 bits per heavy atom. The van der Waals surface area contributed by atoms with Crippen LogP contribution in [0.5, 0.6) is 0 Å². The van der Waals surface area contributed by atoms with Crippen molar-refractivity contribution in [3.8, 4) is 0 Å². The molecule has 0 radical (unpaired) electrons. The summed E-state index contributed by atoms with van der Waals surface area (Å²) in [6.45, 7) is 12.3.